The molecule has 0 aliphatic carbocycles. The quantitative estimate of drug-likeness (QED) is 0.257. The summed E-state index contributed by atoms with van der Waals surface area (Å²) in [5.41, 5.74) is 0. The van der Waals surface area contributed by atoms with Crippen LogP contribution in [0.1, 0.15) is 44.9 Å². The summed E-state index contributed by atoms with van der Waals surface area (Å²) < 4.78 is 0. The molecule has 0 rings (SSSR count). The SMILES string of the molecule is OCCCCCCCCC(CO)CO.OP(O)O. The molecule has 6 N–H and O–H groups in total. The van der Waals surface area contributed by atoms with Crippen molar-refractivity contribution in [2.45, 2.75) is 44.9 Å². The van der Waals surface area contributed by atoms with Gasteiger partial charge in [0.1, 0.15) is 0 Å². The van der Waals surface area contributed by atoms with Gasteiger partial charge in [-0.25, -0.2) is 0 Å². The van der Waals surface area contributed by atoms with E-state index in [2.05, 4.69) is 0 Å². The monoisotopic (exact) mass is 286 g/mol. The molecule has 0 radical (unpaired) electrons. The third-order valence-electron chi connectivity index (χ3n) is 2.54. The van der Waals surface area contributed by atoms with Crippen LogP contribution in [0.3, 0.4) is 0 Å². The highest BCUT2D eigenvalue weighted by Crippen LogP contribution is 2.12. The first-order valence-corrected chi connectivity index (χ1v) is 7.47. The van der Waals surface area contributed by atoms with E-state index in [4.69, 9.17) is 30.0 Å². The van der Waals surface area contributed by atoms with Crippen LogP contribution >= 0.6 is 8.60 Å². The van der Waals surface area contributed by atoms with E-state index in [0.29, 0.717) is 6.61 Å². The minimum absolute atomic E-state index is 0.0763. The Morgan fingerprint density at radius 3 is 1.44 bits per heavy atom. The van der Waals surface area contributed by atoms with E-state index >= 15 is 0 Å². The van der Waals surface area contributed by atoms with Gasteiger partial charge < -0.3 is 30.0 Å². The van der Waals surface area contributed by atoms with Crippen LogP contribution in [0.4, 0.5) is 0 Å². The molecule has 0 atom stereocenters. The number of aliphatic hydroxyl groups is 3. The lowest BCUT2D eigenvalue weighted by Crippen LogP contribution is -2.10. The lowest BCUT2D eigenvalue weighted by Gasteiger charge is -2.09. The minimum Gasteiger partial charge on any atom is -0.396 e. The van der Waals surface area contributed by atoms with E-state index < -0.39 is 8.60 Å². The first kappa shape index (κ1) is 20.5. The number of hydrogen-bond acceptors (Lipinski definition) is 6. The second kappa shape index (κ2) is 17.2. The van der Waals surface area contributed by atoms with Crippen molar-refractivity contribution < 1.29 is 30.0 Å². The van der Waals surface area contributed by atoms with E-state index in [0.717, 1.165) is 25.7 Å². The zero-order valence-electron chi connectivity index (χ0n) is 10.8. The molecule has 112 valence electrons. The van der Waals surface area contributed by atoms with Crippen LogP contribution in [0.5, 0.6) is 0 Å². The van der Waals surface area contributed by atoms with Crippen LogP contribution in [0.25, 0.3) is 0 Å². The van der Waals surface area contributed by atoms with Gasteiger partial charge in [-0.3, -0.25) is 0 Å². The van der Waals surface area contributed by atoms with Gasteiger partial charge in [0.2, 0.25) is 0 Å². The van der Waals surface area contributed by atoms with Gasteiger partial charge in [0.25, 0.3) is 0 Å². The molecule has 0 amide bonds. The van der Waals surface area contributed by atoms with Crippen LogP contribution in [0.15, 0.2) is 0 Å². The van der Waals surface area contributed by atoms with Crippen LogP contribution in [-0.4, -0.2) is 49.8 Å². The summed E-state index contributed by atoms with van der Waals surface area (Å²) >= 11 is 0. The minimum atomic E-state index is -2.62. The topological polar surface area (TPSA) is 121 Å². The van der Waals surface area contributed by atoms with Crippen molar-refractivity contribution >= 4 is 8.60 Å². The summed E-state index contributed by atoms with van der Waals surface area (Å²) in [7, 11) is -2.62. The zero-order chi connectivity index (χ0) is 14.2. The smallest absolute Gasteiger partial charge is 0.324 e. The molecular formula is C11H27O6P. The Bertz CT molecular complexity index is 141. The molecule has 0 aliphatic rings. The summed E-state index contributed by atoms with van der Waals surface area (Å²) in [5, 5.41) is 26.2. The van der Waals surface area contributed by atoms with Crippen molar-refractivity contribution in [1.29, 1.82) is 0 Å². The lowest BCUT2D eigenvalue weighted by atomic mass is 10.0. The largest absolute Gasteiger partial charge is 0.396 e. The maximum Gasteiger partial charge on any atom is 0.324 e. The predicted octanol–water partition coefficient (Wildman–Crippen LogP) is 0.500. The van der Waals surface area contributed by atoms with Crippen LogP contribution in [-0.2, 0) is 0 Å². The Morgan fingerprint density at radius 2 is 1.06 bits per heavy atom. The van der Waals surface area contributed by atoms with E-state index in [1.165, 1.54) is 19.3 Å². The first-order chi connectivity index (χ1) is 8.58. The van der Waals surface area contributed by atoms with Gasteiger partial charge in [-0.15, -0.1) is 0 Å². The third-order valence-corrected chi connectivity index (χ3v) is 2.54. The first-order valence-electron chi connectivity index (χ1n) is 6.27. The Kier molecular flexibility index (Phi) is 19.6. The second-order valence-corrected chi connectivity index (χ2v) is 4.67. The molecular weight excluding hydrogens is 259 g/mol. The number of hydrogen-bond donors (Lipinski definition) is 6. The molecule has 6 nitrogen and oxygen atoms in total. The highest BCUT2D eigenvalue weighted by Gasteiger charge is 2.04. The van der Waals surface area contributed by atoms with Crippen molar-refractivity contribution in [3.8, 4) is 0 Å². The Morgan fingerprint density at radius 1 is 0.667 bits per heavy atom. The molecule has 0 aromatic carbocycles. The van der Waals surface area contributed by atoms with Gasteiger partial charge in [0.05, 0.1) is 0 Å². The second-order valence-electron chi connectivity index (χ2n) is 4.13. The molecule has 0 saturated heterocycles. The maximum atomic E-state index is 8.81. The normalized spacial score (nSPS) is 10.7. The Balaban J connectivity index is 0. The summed E-state index contributed by atoms with van der Waals surface area (Å²) in [4.78, 5) is 21.7. The molecule has 0 saturated carbocycles. The standard InChI is InChI=1S/C11H24O3.H3O3P/c12-8-6-4-2-1-3-5-7-11(9-13)10-14;1-4(2)3/h11-14H,1-10H2;1-3H. The van der Waals surface area contributed by atoms with E-state index in [1.54, 1.807) is 0 Å². The van der Waals surface area contributed by atoms with Gasteiger partial charge in [0, 0.05) is 25.7 Å². The summed E-state index contributed by atoms with van der Waals surface area (Å²) in [6.07, 6.45) is 7.59. The number of aliphatic hydroxyl groups excluding tert-OH is 3. The molecule has 0 unspecified atom stereocenters. The van der Waals surface area contributed by atoms with Crippen molar-refractivity contribution in [3.05, 3.63) is 0 Å². The highest BCUT2D eigenvalue weighted by molar-refractivity contribution is 7.38. The van der Waals surface area contributed by atoms with Crippen LogP contribution < -0.4 is 0 Å². The Hall–Kier alpha value is 0.190. The van der Waals surface area contributed by atoms with Gasteiger partial charge >= 0.3 is 8.60 Å². The molecule has 0 heterocycles. The van der Waals surface area contributed by atoms with E-state index in [1.807, 2.05) is 0 Å². The van der Waals surface area contributed by atoms with E-state index in [9.17, 15) is 0 Å². The van der Waals surface area contributed by atoms with Crippen molar-refractivity contribution in [1.82, 2.24) is 0 Å². The number of unbranched alkanes of at least 4 members (excludes halogenated alkanes) is 5. The van der Waals surface area contributed by atoms with Gasteiger partial charge in [-0.1, -0.05) is 32.1 Å². The summed E-state index contributed by atoms with van der Waals surface area (Å²) in [6.45, 7) is 0.499. The molecule has 0 aliphatic heterocycles. The summed E-state index contributed by atoms with van der Waals surface area (Å²) in [5.74, 6) is 0.0763. The predicted molar refractivity (Wildman–Crippen MR) is 70.6 cm³/mol. The zero-order valence-corrected chi connectivity index (χ0v) is 11.7. The average molecular weight is 286 g/mol. The highest BCUT2D eigenvalue weighted by atomic mass is 31.2. The fourth-order valence-electron chi connectivity index (χ4n) is 1.49. The molecule has 0 spiro atoms. The third kappa shape index (κ3) is 21.5. The lowest BCUT2D eigenvalue weighted by molar-refractivity contribution is 0.141. The fraction of sp³-hybridized carbons (Fsp3) is 1.00. The van der Waals surface area contributed by atoms with Gasteiger partial charge in [0.15, 0.2) is 0 Å². The molecule has 0 aromatic rings. The van der Waals surface area contributed by atoms with Gasteiger partial charge in [-0.05, 0) is 12.8 Å². The van der Waals surface area contributed by atoms with Crippen molar-refractivity contribution in [2.24, 2.45) is 5.92 Å². The Labute approximate surface area is 110 Å². The number of rotatable bonds is 10. The molecule has 7 heteroatoms. The van der Waals surface area contributed by atoms with Crippen molar-refractivity contribution in [2.75, 3.05) is 19.8 Å². The molecule has 0 aromatic heterocycles. The molecule has 0 fully saturated rings. The van der Waals surface area contributed by atoms with Crippen molar-refractivity contribution in [3.63, 3.8) is 0 Å². The summed E-state index contributed by atoms with van der Waals surface area (Å²) in [6, 6.07) is 0. The molecule has 18 heavy (non-hydrogen) atoms. The molecule has 0 bridgehead atoms. The van der Waals surface area contributed by atoms with Crippen LogP contribution in [0, 0.1) is 5.92 Å². The maximum absolute atomic E-state index is 8.81. The van der Waals surface area contributed by atoms with Crippen LogP contribution in [0.2, 0.25) is 0 Å². The average Bonchev–Trinajstić information content (AvgIpc) is 2.32. The van der Waals surface area contributed by atoms with Gasteiger partial charge in [-0.2, -0.15) is 0 Å². The van der Waals surface area contributed by atoms with E-state index in [-0.39, 0.29) is 19.1 Å². The fourth-order valence-corrected chi connectivity index (χ4v) is 1.49.